The van der Waals surface area contributed by atoms with E-state index in [0.717, 1.165) is 19.3 Å². The van der Waals surface area contributed by atoms with Crippen molar-refractivity contribution >= 4 is 11.9 Å². The van der Waals surface area contributed by atoms with Gasteiger partial charge in [0.1, 0.15) is 0 Å². The molecule has 118 valence electrons. The maximum atomic E-state index is 11.9. The van der Waals surface area contributed by atoms with Crippen LogP contribution in [0, 0.1) is 5.41 Å². The van der Waals surface area contributed by atoms with Gasteiger partial charge in [0.05, 0.1) is 13.2 Å². The molecule has 0 aliphatic heterocycles. The molecule has 0 bridgehead atoms. The number of carbonyl (C=O) groups excluding carboxylic acids is 2. The Balaban J connectivity index is 3.86. The molecule has 4 heteroatoms. The van der Waals surface area contributed by atoms with E-state index in [4.69, 9.17) is 9.47 Å². The van der Waals surface area contributed by atoms with Gasteiger partial charge in [0.25, 0.3) is 0 Å². The highest BCUT2D eigenvalue weighted by molar-refractivity contribution is 5.99. The van der Waals surface area contributed by atoms with Gasteiger partial charge in [-0.1, -0.05) is 46.0 Å². The Kier molecular flexibility index (Phi) is 10.1. The molecule has 20 heavy (non-hydrogen) atoms. The molecule has 0 heterocycles. The van der Waals surface area contributed by atoms with Crippen LogP contribution in [0.1, 0.15) is 72.6 Å². The molecule has 0 spiro atoms. The summed E-state index contributed by atoms with van der Waals surface area (Å²) in [6.07, 6.45) is 7.56. The van der Waals surface area contributed by atoms with Crippen LogP contribution in [0.4, 0.5) is 0 Å². The van der Waals surface area contributed by atoms with Gasteiger partial charge in [-0.05, 0) is 26.7 Å². The molecule has 0 saturated carbocycles. The monoisotopic (exact) mass is 286 g/mol. The SMILES string of the molecule is CCCCCCCCOC(=O)C(C)(C)C(=O)OCCC. The van der Waals surface area contributed by atoms with Crippen LogP contribution in [0.5, 0.6) is 0 Å². The number of hydrogen-bond donors (Lipinski definition) is 0. The molecule has 0 aromatic carbocycles. The van der Waals surface area contributed by atoms with Crippen molar-refractivity contribution in [3.63, 3.8) is 0 Å². The Hall–Kier alpha value is -1.06. The third-order valence-electron chi connectivity index (χ3n) is 3.19. The van der Waals surface area contributed by atoms with Gasteiger partial charge in [-0.3, -0.25) is 9.59 Å². The quantitative estimate of drug-likeness (QED) is 0.329. The van der Waals surface area contributed by atoms with E-state index >= 15 is 0 Å². The van der Waals surface area contributed by atoms with Crippen LogP contribution in [0.15, 0.2) is 0 Å². The fraction of sp³-hybridized carbons (Fsp3) is 0.875. The average Bonchev–Trinajstić information content (AvgIpc) is 2.43. The Bertz CT molecular complexity index is 284. The number of ether oxygens (including phenoxy) is 2. The summed E-state index contributed by atoms with van der Waals surface area (Å²) in [4.78, 5) is 23.6. The topological polar surface area (TPSA) is 52.6 Å². The number of rotatable bonds is 11. The standard InChI is InChI=1S/C16H30O4/c1-5-7-8-9-10-11-13-20-15(18)16(3,4)14(17)19-12-6-2/h5-13H2,1-4H3. The molecule has 0 atom stereocenters. The molecule has 0 saturated heterocycles. The zero-order chi connectivity index (χ0) is 15.4. The maximum absolute atomic E-state index is 11.9. The van der Waals surface area contributed by atoms with Crippen LogP contribution in [0.25, 0.3) is 0 Å². The molecule has 0 unspecified atom stereocenters. The average molecular weight is 286 g/mol. The van der Waals surface area contributed by atoms with Crippen LogP contribution >= 0.6 is 0 Å². The second kappa shape index (κ2) is 10.7. The fourth-order valence-corrected chi connectivity index (χ4v) is 1.69. The zero-order valence-corrected chi connectivity index (χ0v) is 13.5. The highest BCUT2D eigenvalue weighted by atomic mass is 16.6. The molecule has 0 aromatic heterocycles. The molecule has 0 aliphatic carbocycles. The summed E-state index contributed by atoms with van der Waals surface area (Å²) in [6.45, 7) is 7.92. The van der Waals surface area contributed by atoms with Gasteiger partial charge < -0.3 is 9.47 Å². The lowest BCUT2D eigenvalue weighted by atomic mass is 9.94. The number of unbranched alkanes of at least 4 members (excludes halogenated alkanes) is 5. The first-order valence-corrected chi connectivity index (χ1v) is 7.81. The largest absolute Gasteiger partial charge is 0.465 e. The van der Waals surface area contributed by atoms with E-state index in [2.05, 4.69) is 6.92 Å². The smallest absolute Gasteiger partial charge is 0.322 e. The molecular formula is C16H30O4. The molecule has 4 nitrogen and oxygen atoms in total. The summed E-state index contributed by atoms with van der Waals surface area (Å²) in [5.74, 6) is -1.00. The first-order valence-electron chi connectivity index (χ1n) is 7.81. The Morgan fingerprint density at radius 3 is 1.80 bits per heavy atom. The second-order valence-corrected chi connectivity index (χ2v) is 5.66. The lowest BCUT2D eigenvalue weighted by Gasteiger charge is -2.20. The molecular weight excluding hydrogens is 256 g/mol. The van der Waals surface area contributed by atoms with E-state index in [-0.39, 0.29) is 0 Å². The first kappa shape index (κ1) is 18.9. The summed E-state index contributed by atoms with van der Waals surface area (Å²) in [5.41, 5.74) is -1.21. The molecule has 0 fully saturated rings. The van der Waals surface area contributed by atoms with Crippen LogP contribution in [-0.4, -0.2) is 25.2 Å². The second-order valence-electron chi connectivity index (χ2n) is 5.66. The van der Waals surface area contributed by atoms with Gasteiger partial charge >= 0.3 is 11.9 Å². The van der Waals surface area contributed by atoms with E-state index in [1.54, 1.807) is 13.8 Å². The van der Waals surface area contributed by atoms with Crippen molar-refractivity contribution in [1.29, 1.82) is 0 Å². The van der Waals surface area contributed by atoms with Crippen molar-refractivity contribution in [2.45, 2.75) is 72.6 Å². The first-order chi connectivity index (χ1) is 9.46. The lowest BCUT2D eigenvalue weighted by molar-refractivity contribution is -0.169. The fourth-order valence-electron chi connectivity index (χ4n) is 1.69. The molecule has 0 aliphatic rings. The summed E-state index contributed by atoms with van der Waals surface area (Å²) in [7, 11) is 0. The van der Waals surface area contributed by atoms with Crippen molar-refractivity contribution in [2.75, 3.05) is 13.2 Å². The highest BCUT2D eigenvalue weighted by Crippen LogP contribution is 2.20. The van der Waals surface area contributed by atoms with Crippen molar-refractivity contribution in [3.05, 3.63) is 0 Å². The number of carbonyl (C=O) groups is 2. The zero-order valence-electron chi connectivity index (χ0n) is 13.5. The summed E-state index contributed by atoms with van der Waals surface area (Å²) < 4.78 is 10.2. The van der Waals surface area contributed by atoms with Gasteiger partial charge in [-0.15, -0.1) is 0 Å². The van der Waals surface area contributed by atoms with Crippen LogP contribution in [0.2, 0.25) is 0 Å². The maximum Gasteiger partial charge on any atom is 0.322 e. The van der Waals surface area contributed by atoms with E-state index in [1.165, 1.54) is 25.7 Å². The predicted molar refractivity (Wildman–Crippen MR) is 79.4 cm³/mol. The number of hydrogen-bond acceptors (Lipinski definition) is 4. The van der Waals surface area contributed by atoms with Gasteiger partial charge in [0.2, 0.25) is 0 Å². The van der Waals surface area contributed by atoms with Crippen molar-refractivity contribution < 1.29 is 19.1 Å². The van der Waals surface area contributed by atoms with Crippen LogP contribution in [-0.2, 0) is 19.1 Å². The van der Waals surface area contributed by atoms with Crippen LogP contribution < -0.4 is 0 Å². The van der Waals surface area contributed by atoms with Crippen molar-refractivity contribution in [1.82, 2.24) is 0 Å². The van der Waals surface area contributed by atoms with E-state index in [1.807, 2.05) is 6.92 Å². The normalized spacial score (nSPS) is 11.2. The third kappa shape index (κ3) is 7.51. The Morgan fingerprint density at radius 2 is 1.25 bits per heavy atom. The van der Waals surface area contributed by atoms with Crippen molar-refractivity contribution in [2.24, 2.45) is 5.41 Å². The highest BCUT2D eigenvalue weighted by Gasteiger charge is 2.39. The molecule has 0 aromatic rings. The van der Waals surface area contributed by atoms with Gasteiger partial charge in [0.15, 0.2) is 5.41 Å². The third-order valence-corrected chi connectivity index (χ3v) is 3.19. The van der Waals surface area contributed by atoms with E-state index in [0.29, 0.717) is 13.2 Å². The summed E-state index contributed by atoms with van der Waals surface area (Å²) in [6, 6.07) is 0. The molecule has 0 rings (SSSR count). The minimum Gasteiger partial charge on any atom is -0.465 e. The predicted octanol–water partition coefficient (Wildman–Crippen LogP) is 3.87. The Labute approximate surface area is 123 Å². The molecule has 0 radical (unpaired) electrons. The molecule has 0 N–H and O–H groups in total. The lowest BCUT2D eigenvalue weighted by Crippen LogP contribution is -2.36. The Morgan fingerprint density at radius 1 is 0.750 bits per heavy atom. The summed E-state index contributed by atoms with van der Waals surface area (Å²) in [5, 5.41) is 0. The number of esters is 2. The van der Waals surface area contributed by atoms with Crippen LogP contribution in [0.3, 0.4) is 0 Å². The van der Waals surface area contributed by atoms with Gasteiger partial charge in [0, 0.05) is 0 Å². The van der Waals surface area contributed by atoms with Gasteiger partial charge in [-0.2, -0.15) is 0 Å². The van der Waals surface area contributed by atoms with Gasteiger partial charge in [-0.25, -0.2) is 0 Å². The van der Waals surface area contributed by atoms with E-state index in [9.17, 15) is 9.59 Å². The minimum atomic E-state index is -1.21. The van der Waals surface area contributed by atoms with Crippen molar-refractivity contribution in [3.8, 4) is 0 Å². The van der Waals surface area contributed by atoms with E-state index < -0.39 is 17.4 Å². The summed E-state index contributed by atoms with van der Waals surface area (Å²) >= 11 is 0. The minimum absolute atomic E-state index is 0.340. The molecule has 0 amide bonds.